The van der Waals surface area contributed by atoms with Crippen molar-refractivity contribution in [3.63, 3.8) is 0 Å². The van der Waals surface area contributed by atoms with Crippen molar-refractivity contribution in [3.8, 4) is 11.5 Å². The number of carbonyl (C=O) groups is 1. The molecule has 0 fully saturated rings. The summed E-state index contributed by atoms with van der Waals surface area (Å²) in [6.07, 6.45) is 2.98. The summed E-state index contributed by atoms with van der Waals surface area (Å²) in [7, 11) is 0. The van der Waals surface area contributed by atoms with E-state index in [9.17, 15) is 14.9 Å². The van der Waals surface area contributed by atoms with Crippen molar-refractivity contribution in [3.05, 3.63) is 64.2 Å². The van der Waals surface area contributed by atoms with Gasteiger partial charge in [-0.15, -0.1) is 0 Å². The smallest absolute Gasteiger partial charge is 0.271 e. The van der Waals surface area contributed by atoms with Gasteiger partial charge in [-0.05, 0) is 43.7 Å². The Kier molecular flexibility index (Phi) is 6.73. The summed E-state index contributed by atoms with van der Waals surface area (Å²) in [5.74, 6) is 0.862. The number of anilines is 1. The lowest BCUT2D eigenvalue weighted by molar-refractivity contribution is -0.384. The van der Waals surface area contributed by atoms with Gasteiger partial charge in [-0.2, -0.15) is 0 Å². The third-order valence-electron chi connectivity index (χ3n) is 3.32. The van der Waals surface area contributed by atoms with Gasteiger partial charge in [-0.3, -0.25) is 14.9 Å². The Hall–Kier alpha value is -3.35. The number of amides is 1. The highest BCUT2D eigenvalue weighted by Gasteiger charge is 2.07. The Morgan fingerprint density at radius 1 is 1.12 bits per heavy atom. The van der Waals surface area contributed by atoms with Gasteiger partial charge in [0.2, 0.25) is 5.91 Å². The first-order valence-electron chi connectivity index (χ1n) is 8.16. The zero-order valence-electron chi connectivity index (χ0n) is 14.6. The molecule has 0 aliphatic carbocycles. The second-order valence-electron chi connectivity index (χ2n) is 5.20. The van der Waals surface area contributed by atoms with Crippen LogP contribution in [0, 0.1) is 10.1 Å². The highest BCUT2D eigenvalue weighted by Crippen LogP contribution is 2.29. The van der Waals surface area contributed by atoms with Crippen LogP contribution in [0.4, 0.5) is 11.4 Å². The summed E-state index contributed by atoms with van der Waals surface area (Å²) in [6, 6.07) is 11.1. The lowest BCUT2D eigenvalue weighted by Crippen LogP contribution is -2.07. The topological polar surface area (TPSA) is 90.7 Å². The number of hydrogen-bond donors (Lipinski definition) is 1. The average Bonchev–Trinajstić information content (AvgIpc) is 2.62. The molecule has 0 aliphatic rings. The zero-order valence-corrected chi connectivity index (χ0v) is 14.6. The summed E-state index contributed by atoms with van der Waals surface area (Å²) in [5, 5.41) is 13.4. The number of nitrogens with zero attached hydrogens (tertiary/aromatic N) is 1. The first kappa shape index (κ1) is 19.0. The van der Waals surface area contributed by atoms with Crippen molar-refractivity contribution in [1.29, 1.82) is 0 Å². The second-order valence-corrected chi connectivity index (χ2v) is 5.20. The number of hydrogen-bond acceptors (Lipinski definition) is 5. The third-order valence-corrected chi connectivity index (χ3v) is 3.32. The molecule has 1 amide bonds. The molecule has 0 aliphatic heterocycles. The lowest BCUT2D eigenvalue weighted by Gasteiger charge is -2.11. The van der Waals surface area contributed by atoms with Crippen molar-refractivity contribution in [2.45, 2.75) is 13.8 Å². The van der Waals surface area contributed by atoms with Crippen LogP contribution < -0.4 is 14.8 Å². The third kappa shape index (κ3) is 5.34. The standard InChI is InChI=1S/C19H20N2O5/c1-3-25-17-10-8-14(12-18(17)26-4-2)9-11-19(22)20-15-6-5-7-16(13-15)21(23)24/h5-13H,3-4H2,1-2H3,(H,20,22)/b11-9+. The van der Waals surface area contributed by atoms with Crippen molar-refractivity contribution < 1.29 is 19.2 Å². The molecule has 0 aromatic heterocycles. The van der Waals surface area contributed by atoms with Crippen LogP contribution >= 0.6 is 0 Å². The van der Waals surface area contributed by atoms with E-state index >= 15 is 0 Å². The van der Waals surface area contributed by atoms with Crippen LogP contribution in [0.25, 0.3) is 6.08 Å². The van der Waals surface area contributed by atoms with Crippen LogP contribution in [0.5, 0.6) is 11.5 Å². The normalized spacial score (nSPS) is 10.5. The van der Waals surface area contributed by atoms with E-state index < -0.39 is 10.8 Å². The number of nitro groups is 1. The van der Waals surface area contributed by atoms with E-state index in [-0.39, 0.29) is 5.69 Å². The predicted molar refractivity (Wildman–Crippen MR) is 99.5 cm³/mol. The van der Waals surface area contributed by atoms with Crippen LogP contribution in [0.3, 0.4) is 0 Å². The van der Waals surface area contributed by atoms with Gasteiger partial charge in [-0.25, -0.2) is 0 Å². The fraction of sp³-hybridized carbons (Fsp3) is 0.211. The van der Waals surface area contributed by atoms with Crippen molar-refractivity contribution in [2.75, 3.05) is 18.5 Å². The van der Waals surface area contributed by atoms with Crippen molar-refractivity contribution in [2.24, 2.45) is 0 Å². The number of rotatable bonds is 8. The molecule has 0 spiro atoms. The lowest BCUT2D eigenvalue weighted by atomic mass is 10.2. The van der Waals surface area contributed by atoms with Crippen LogP contribution in [0.15, 0.2) is 48.5 Å². The predicted octanol–water partition coefficient (Wildman–Crippen LogP) is 4.04. The zero-order chi connectivity index (χ0) is 18.9. The van der Waals surface area contributed by atoms with Crippen molar-refractivity contribution in [1.82, 2.24) is 0 Å². The Balaban J connectivity index is 2.08. The molecule has 7 nitrogen and oxygen atoms in total. The Morgan fingerprint density at radius 3 is 2.54 bits per heavy atom. The molecule has 0 atom stereocenters. The Bertz CT molecular complexity index is 817. The number of carbonyl (C=O) groups excluding carboxylic acids is 1. The molecule has 2 rings (SSSR count). The molecular formula is C19H20N2O5. The van der Waals surface area contributed by atoms with Gasteiger partial charge in [0.05, 0.1) is 18.1 Å². The largest absolute Gasteiger partial charge is 0.490 e. The van der Waals surface area contributed by atoms with E-state index in [2.05, 4.69) is 5.32 Å². The summed E-state index contributed by atoms with van der Waals surface area (Å²) in [6.45, 7) is 4.80. The van der Waals surface area contributed by atoms with E-state index in [1.165, 1.54) is 24.3 Å². The molecule has 0 saturated heterocycles. The minimum Gasteiger partial charge on any atom is -0.490 e. The quantitative estimate of drug-likeness (QED) is 0.438. The molecular weight excluding hydrogens is 336 g/mol. The summed E-state index contributed by atoms with van der Waals surface area (Å²) >= 11 is 0. The molecule has 136 valence electrons. The number of nitro benzene ring substituents is 1. The molecule has 0 bridgehead atoms. The van der Waals surface area contributed by atoms with Crippen LogP contribution in [-0.2, 0) is 4.79 Å². The first-order chi connectivity index (χ1) is 12.5. The van der Waals surface area contributed by atoms with Crippen molar-refractivity contribution >= 4 is 23.4 Å². The maximum atomic E-state index is 12.0. The highest BCUT2D eigenvalue weighted by atomic mass is 16.6. The Morgan fingerprint density at radius 2 is 1.85 bits per heavy atom. The fourth-order valence-corrected chi connectivity index (χ4v) is 2.22. The highest BCUT2D eigenvalue weighted by molar-refractivity contribution is 6.02. The monoisotopic (exact) mass is 356 g/mol. The number of benzene rings is 2. The number of non-ortho nitro benzene ring substituents is 1. The van der Waals surface area contributed by atoms with Gasteiger partial charge in [0.25, 0.3) is 5.69 Å². The molecule has 0 saturated carbocycles. The maximum Gasteiger partial charge on any atom is 0.271 e. The Labute approximate surface area is 151 Å². The second kappa shape index (κ2) is 9.22. The molecule has 0 unspecified atom stereocenters. The molecule has 0 radical (unpaired) electrons. The van der Waals surface area contributed by atoms with Gasteiger partial charge in [0, 0.05) is 23.9 Å². The SMILES string of the molecule is CCOc1ccc(/C=C/C(=O)Nc2cccc([N+](=O)[O-])c2)cc1OCC. The van der Waals surface area contributed by atoms with Crippen LogP contribution in [0.2, 0.25) is 0 Å². The minimum absolute atomic E-state index is 0.0837. The first-order valence-corrected chi connectivity index (χ1v) is 8.16. The van der Waals surface area contributed by atoms with Gasteiger partial charge >= 0.3 is 0 Å². The van der Waals surface area contributed by atoms with E-state index in [0.717, 1.165) is 5.56 Å². The summed E-state index contributed by atoms with van der Waals surface area (Å²) in [5.41, 5.74) is 1.04. The van der Waals surface area contributed by atoms with Gasteiger partial charge in [-0.1, -0.05) is 12.1 Å². The number of nitrogens with one attached hydrogen (secondary N) is 1. The van der Waals surface area contributed by atoms with E-state index in [1.54, 1.807) is 24.3 Å². The number of ether oxygens (including phenoxy) is 2. The van der Waals surface area contributed by atoms with E-state index in [4.69, 9.17) is 9.47 Å². The molecule has 1 N–H and O–H groups in total. The minimum atomic E-state index is -0.513. The van der Waals surface area contributed by atoms with Crippen LogP contribution in [0.1, 0.15) is 19.4 Å². The summed E-state index contributed by atoms with van der Waals surface area (Å²) < 4.78 is 11.0. The van der Waals surface area contributed by atoms with E-state index in [0.29, 0.717) is 30.4 Å². The maximum absolute atomic E-state index is 12.0. The average molecular weight is 356 g/mol. The van der Waals surface area contributed by atoms with Gasteiger partial charge in [0.15, 0.2) is 11.5 Å². The molecule has 2 aromatic rings. The van der Waals surface area contributed by atoms with Crippen LogP contribution in [-0.4, -0.2) is 24.0 Å². The van der Waals surface area contributed by atoms with E-state index in [1.807, 2.05) is 19.9 Å². The van der Waals surface area contributed by atoms with Gasteiger partial charge < -0.3 is 14.8 Å². The molecule has 26 heavy (non-hydrogen) atoms. The molecule has 0 heterocycles. The van der Waals surface area contributed by atoms with Gasteiger partial charge in [0.1, 0.15) is 0 Å². The summed E-state index contributed by atoms with van der Waals surface area (Å²) in [4.78, 5) is 22.3. The molecule has 2 aromatic carbocycles. The molecule has 7 heteroatoms. The fourth-order valence-electron chi connectivity index (χ4n) is 2.22.